The van der Waals surface area contributed by atoms with Gasteiger partial charge >= 0.3 is 0 Å². The first-order valence-electron chi connectivity index (χ1n) is 11.6. The lowest BCUT2D eigenvalue weighted by atomic mass is 9.90. The number of halogens is 1. The van der Waals surface area contributed by atoms with Gasteiger partial charge in [0, 0.05) is 24.7 Å². The van der Waals surface area contributed by atoms with E-state index >= 15 is 0 Å². The fraction of sp³-hybridized carbons (Fsp3) is 0.222. The van der Waals surface area contributed by atoms with Crippen LogP contribution >= 0.6 is 0 Å². The summed E-state index contributed by atoms with van der Waals surface area (Å²) in [6.45, 7) is 0.242. The fourth-order valence-electron chi connectivity index (χ4n) is 3.82. The fourth-order valence-corrected chi connectivity index (χ4v) is 3.82. The van der Waals surface area contributed by atoms with Gasteiger partial charge in [-0.3, -0.25) is 15.0 Å². The van der Waals surface area contributed by atoms with Crippen LogP contribution in [-0.2, 0) is 16.1 Å². The van der Waals surface area contributed by atoms with E-state index in [1.807, 2.05) is 60.7 Å². The number of nitrogens with two attached hydrogens (primary N) is 1. The third kappa shape index (κ3) is 7.56. The molecule has 0 heterocycles. The predicted octanol–water partition coefficient (Wildman–Crippen LogP) is 2.73. The molecule has 2 amide bonds. The number of benzene rings is 3. The average Bonchev–Trinajstić information content (AvgIpc) is 2.86. The molecular formula is C27H30FN5O3. The van der Waals surface area contributed by atoms with Gasteiger partial charge in [-0.25, -0.2) is 4.39 Å². The number of aromatic hydroxyl groups is 1. The highest BCUT2D eigenvalue weighted by atomic mass is 19.1. The van der Waals surface area contributed by atoms with Gasteiger partial charge in [-0.1, -0.05) is 66.7 Å². The first-order chi connectivity index (χ1) is 17.3. The van der Waals surface area contributed by atoms with E-state index in [4.69, 9.17) is 11.1 Å². The molecule has 36 heavy (non-hydrogen) atoms. The Hall–Kier alpha value is -4.40. The lowest BCUT2D eigenvalue weighted by Gasteiger charge is -2.23. The van der Waals surface area contributed by atoms with E-state index in [0.717, 1.165) is 17.2 Å². The highest BCUT2D eigenvalue weighted by Crippen LogP contribution is 2.25. The van der Waals surface area contributed by atoms with Crippen LogP contribution in [0.15, 0.2) is 78.9 Å². The molecular weight excluding hydrogens is 461 g/mol. The standard InChI is InChI=1S/C27H30FN5O3/c28-22-16-21(34)14-13-20(22)17-32-25(35)23(12-7-15-31-27(29)30)33-26(36)24(18-8-3-1-4-9-18)19-10-5-2-6-11-19/h1-6,8-11,13-14,16,23-24,34H,7,12,15,17H2,(H,32,35)(H,33,36)(H4,29,30,31)/t23-/m1/s1. The minimum absolute atomic E-state index is 0.107. The molecule has 0 fully saturated rings. The molecule has 1 atom stereocenters. The first kappa shape index (κ1) is 26.2. The molecule has 7 N–H and O–H groups in total. The Bertz CT molecular complexity index is 1140. The van der Waals surface area contributed by atoms with Crippen molar-refractivity contribution >= 4 is 17.8 Å². The lowest BCUT2D eigenvalue weighted by molar-refractivity contribution is -0.129. The molecule has 0 aromatic heterocycles. The molecule has 0 spiro atoms. The van der Waals surface area contributed by atoms with Crippen LogP contribution in [-0.4, -0.2) is 35.5 Å². The zero-order valence-electron chi connectivity index (χ0n) is 19.7. The Morgan fingerprint density at radius 3 is 2.08 bits per heavy atom. The maximum atomic E-state index is 14.1. The summed E-state index contributed by atoms with van der Waals surface area (Å²) >= 11 is 0. The molecule has 3 rings (SSSR count). The number of nitrogens with one attached hydrogen (secondary N) is 4. The SMILES string of the molecule is N=C(N)NCCC[C@@H](NC(=O)C(c1ccccc1)c1ccccc1)C(=O)NCc1ccc(O)cc1F. The van der Waals surface area contributed by atoms with E-state index in [0.29, 0.717) is 13.0 Å². The summed E-state index contributed by atoms with van der Waals surface area (Å²) in [6.07, 6.45) is 0.721. The van der Waals surface area contributed by atoms with Crippen LogP contribution in [0.5, 0.6) is 5.75 Å². The van der Waals surface area contributed by atoms with E-state index in [1.54, 1.807) is 0 Å². The summed E-state index contributed by atoms with van der Waals surface area (Å²) in [5, 5.41) is 24.9. The topological polar surface area (TPSA) is 140 Å². The summed E-state index contributed by atoms with van der Waals surface area (Å²) < 4.78 is 14.1. The smallest absolute Gasteiger partial charge is 0.242 e. The van der Waals surface area contributed by atoms with Crippen LogP contribution in [0.3, 0.4) is 0 Å². The normalized spacial score (nSPS) is 11.5. The van der Waals surface area contributed by atoms with Crippen molar-refractivity contribution in [3.05, 3.63) is 101 Å². The number of carbonyl (C=O) groups excluding carboxylic acids is 2. The van der Waals surface area contributed by atoms with Crippen molar-refractivity contribution in [3.63, 3.8) is 0 Å². The average molecular weight is 492 g/mol. The minimum atomic E-state index is -0.902. The quantitative estimate of drug-likeness (QED) is 0.139. The zero-order chi connectivity index (χ0) is 25.9. The molecule has 8 nitrogen and oxygen atoms in total. The van der Waals surface area contributed by atoms with E-state index < -0.39 is 23.7 Å². The Morgan fingerprint density at radius 2 is 1.53 bits per heavy atom. The van der Waals surface area contributed by atoms with Crippen LogP contribution < -0.4 is 21.7 Å². The number of hydrogen-bond acceptors (Lipinski definition) is 4. The number of guanidine groups is 1. The highest BCUT2D eigenvalue weighted by molar-refractivity contribution is 5.92. The molecule has 0 aliphatic rings. The molecule has 0 aliphatic heterocycles. The second-order valence-corrected chi connectivity index (χ2v) is 8.29. The van der Waals surface area contributed by atoms with Crippen molar-refractivity contribution in [1.29, 1.82) is 5.41 Å². The Morgan fingerprint density at radius 1 is 0.917 bits per heavy atom. The molecule has 0 unspecified atom stereocenters. The lowest BCUT2D eigenvalue weighted by Crippen LogP contribution is -2.48. The van der Waals surface area contributed by atoms with Gasteiger partial charge in [0.2, 0.25) is 11.8 Å². The second-order valence-electron chi connectivity index (χ2n) is 8.29. The number of rotatable bonds is 11. The van der Waals surface area contributed by atoms with Gasteiger partial charge in [-0.15, -0.1) is 0 Å². The monoisotopic (exact) mass is 491 g/mol. The van der Waals surface area contributed by atoms with Crippen molar-refractivity contribution in [2.45, 2.75) is 31.3 Å². The minimum Gasteiger partial charge on any atom is -0.508 e. The molecule has 3 aromatic rings. The molecule has 0 bridgehead atoms. The van der Waals surface area contributed by atoms with Crippen molar-refractivity contribution < 1.29 is 19.1 Å². The number of hydrogen-bond donors (Lipinski definition) is 6. The second kappa shape index (κ2) is 12.9. The predicted molar refractivity (Wildman–Crippen MR) is 136 cm³/mol. The largest absolute Gasteiger partial charge is 0.508 e. The van der Waals surface area contributed by atoms with Gasteiger partial charge in [-0.2, -0.15) is 0 Å². The van der Waals surface area contributed by atoms with Gasteiger partial charge in [0.05, 0.1) is 5.92 Å². The van der Waals surface area contributed by atoms with Gasteiger partial charge in [0.15, 0.2) is 5.96 Å². The number of phenolic OH excluding ortho intramolecular Hbond substituents is 1. The van der Waals surface area contributed by atoms with Gasteiger partial charge in [0.25, 0.3) is 0 Å². The molecule has 0 saturated carbocycles. The van der Waals surface area contributed by atoms with Crippen LogP contribution in [0.25, 0.3) is 0 Å². The maximum Gasteiger partial charge on any atom is 0.242 e. The summed E-state index contributed by atoms with van der Waals surface area (Å²) in [5.74, 6) is -2.49. The number of carbonyl (C=O) groups is 2. The maximum absolute atomic E-state index is 14.1. The van der Waals surface area contributed by atoms with Gasteiger partial charge in [-0.05, 0) is 30.0 Å². The van der Waals surface area contributed by atoms with Crippen molar-refractivity contribution in [2.75, 3.05) is 6.54 Å². The first-order valence-corrected chi connectivity index (χ1v) is 11.6. The van der Waals surface area contributed by atoms with Crippen LogP contribution in [0.1, 0.15) is 35.4 Å². The van der Waals surface area contributed by atoms with Crippen LogP contribution in [0.2, 0.25) is 0 Å². The zero-order valence-corrected chi connectivity index (χ0v) is 19.7. The summed E-state index contributed by atoms with van der Waals surface area (Å²) in [6, 6.07) is 21.3. The number of phenols is 1. The van der Waals surface area contributed by atoms with Crippen LogP contribution in [0, 0.1) is 11.2 Å². The van der Waals surface area contributed by atoms with Gasteiger partial charge < -0.3 is 26.8 Å². The van der Waals surface area contributed by atoms with E-state index in [2.05, 4.69) is 16.0 Å². The Labute approximate surface area is 209 Å². The van der Waals surface area contributed by atoms with Crippen molar-refractivity contribution in [1.82, 2.24) is 16.0 Å². The molecule has 188 valence electrons. The van der Waals surface area contributed by atoms with E-state index in [9.17, 15) is 19.1 Å². The Kier molecular flexibility index (Phi) is 9.39. The molecule has 3 aromatic carbocycles. The number of amides is 2. The van der Waals surface area contributed by atoms with Crippen molar-refractivity contribution in [3.8, 4) is 5.75 Å². The van der Waals surface area contributed by atoms with Gasteiger partial charge in [0.1, 0.15) is 17.6 Å². The van der Waals surface area contributed by atoms with E-state index in [-0.39, 0.29) is 36.1 Å². The molecule has 0 radical (unpaired) electrons. The van der Waals surface area contributed by atoms with Crippen molar-refractivity contribution in [2.24, 2.45) is 5.73 Å². The summed E-state index contributed by atoms with van der Waals surface area (Å²) in [7, 11) is 0. The summed E-state index contributed by atoms with van der Waals surface area (Å²) in [5.41, 5.74) is 7.09. The van der Waals surface area contributed by atoms with E-state index in [1.165, 1.54) is 12.1 Å². The molecule has 0 saturated heterocycles. The summed E-state index contributed by atoms with van der Waals surface area (Å²) in [4.78, 5) is 26.6. The van der Waals surface area contributed by atoms with Crippen LogP contribution in [0.4, 0.5) is 4.39 Å². The third-order valence-electron chi connectivity index (χ3n) is 5.64. The third-order valence-corrected chi connectivity index (χ3v) is 5.64. The molecule has 9 heteroatoms. The Balaban J connectivity index is 1.77. The molecule has 0 aliphatic carbocycles. The highest BCUT2D eigenvalue weighted by Gasteiger charge is 2.27.